The molecule has 0 aliphatic carbocycles. The molecule has 0 saturated carbocycles. The lowest BCUT2D eigenvalue weighted by Crippen LogP contribution is -2.24. The van der Waals surface area contributed by atoms with Crippen molar-refractivity contribution in [2.75, 3.05) is 0 Å². The number of ether oxygens (including phenoxy) is 1. The second-order valence-corrected chi connectivity index (χ2v) is 6.50. The fourth-order valence-corrected chi connectivity index (χ4v) is 3.45. The molecule has 0 fully saturated rings. The van der Waals surface area contributed by atoms with Crippen LogP contribution in [0.5, 0.6) is 5.75 Å². The Kier molecular flexibility index (Phi) is 3.95. The number of hydrogen-bond donors (Lipinski definition) is 1. The second-order valence-electron chi connectivity index (χ2n) is 4.77. The van der Waals surface area contributed by atoms with E-state index in [1.807, 2.05) is 36.4 Å². The highest BCUT2D eigenvalue weighted by Crippen LogP contribution is 2.44. The zero-order valence-corrected chi connectivity index (χ0v) is 13.5. The standard InChI is InChI=1S/C15H12BrCl2NO/c16-8-4-5-9-12(19)7-14(20-13(9)6-8)15-10(17)2-1-3-11(15)18/h1-6,12,14H,7,19H2/t12-,14?/m1/s1. The topological polar surface area (TPSA) is 35.2 Å². The van der Waals surface area contributed by atoms with Crippen LogP contribution in [0.25, 0.3) is 0 Å². The summed E-state index contributed by atoms with van der Waals surface area (Å²) in [6.45, 7) is 0. The Labute approximate surface area is 136 Å². The van der Waals surface area contributed by atoms with Crippen molar-refractivity contribution in [1.29, 1.82) is 0 Å². The van der Waals surface area contributed by atoms with Crippen LogP contribution in [0.15, 0.2) is 40.9 Å². The average Bonchev–Trinajstić information content (AvgIpc) is 2.38. The van der Waals surface area contributed by atoms with E-state index in [4.69, 9.17) is 33.7 Å². The van der Waals surface area contributed by atoms with Gasteiger partial charge in [-0.3, -0.25) is 0 Å². The highest BCUT2D eigenvalue weighted by Gasteiger charge is 2.29. The lowest BCUT2D eigenvalue weighted by atomic mass is 9.93. The van der Waals surface area contributed by atoms with E-state index in [0.717, 1.165) is 21.3 Å². The van der Waals surface area contributed by atoms with E-state index >= 15 is 0 Å². The molecule has 2 atom stereocenters. The summed E-state index contributed by atoms with van der Waals surface area (Å²) < 4.78 is 7.01. The molecule has 0 radical (unpaired) electrons. The van der Waals surface area contributed by atoms with Crippen LogP contribution in [-0.4, -0.2) is 0 Å². The molecule has 20 heavy (non-hydrogen) atoms. The van der Waals surface area contributed by atoms with Crippen LogP contribution < -0.4 is 10.5 Å². The third-order valence-electron chi connectivity index (χ3n) is 3.43. The molecular weight excluding hydrogens is 361 g/mol. The van der Waals surface area contributed by atoms with Crippen LogP contribution in [-0.2, 0) is 0 Å². The van der Waals surface area contributed by atoms with Gasteiger partial charge in [0.05, 0.1) is 0 Å². The van der Waals surface area contributed by atoms with Gasteiger partial charge in [-0.15, -0.1) is 0 Å². The third-order valence-corrected chi connectivity index (χ3v) is 4.59. The molecule has 1 aliphatic rings. The maximum Gasteiger partial charge on any atom is 0.128 e. The van der Waals surface area contributed by atoms with Crippen molar-refractivity contribution in [3.63, 3.8) is 0 Å². The van der Waals surface area contributed by atoms with E-state index in [1.54, 1.807) is 0 Å². The molecule has 1 unspecified atom stereocenters. The largest absolute Gasteiger partial charge is 0.485 e. The van der Waals surface area contributed by atoms with Gasteiger partial charge < -0.3 is 10.5 Å². The van der Waals surface area contributed by atoms with E-state index in [2.05, 4.69) is 15.9 Å². The Hall–Kier alpha value is -0.740. The summed E-state index contributed by atoms with van der Waals surface area (Å²) in [6, 6.07) is 11.2. The molecule has 3 rings (SSSR count). The summed E-state index contributed by atoms with van der Waals surface area (Å²) in [7, 11) is 0. The molecule has 5 heteroatoms. The smallest absolute Gasteiger partial charge is 0.128 e. The first-order valence-corrected chi connectivity index (χ1v) is 7.76. The van der Waals surface area contributed by atoms with E-state index < -0.39 is 0 Å². The van der Waals surface area contributed by atoms with E-state index in [0.29, 0.717) is 16.5 Å². The maximum absolute atomic E-state index is 6.25. The van der Waals surface area contributed by atoms with Crippen molar-refractivity contribution in [2.24, 2.45) is 5.73 Å². The molecular formula is C15H12BrCl2NO. The van der Waals surface area contributed by atoms with E-state index in [1.165, 1.54) is 0 Å². The highest BCUT2D eigenvalue weighted by molar-refractivity contribution is 9.10. The van der Waals surface area contributed by atoms with Gasteiger partial charge in [-0.25, -0.2) is 0 Å². The number of nitrogens with two attached hydrogens (primary N) is 1. The van der Waals surface area contributed by atoms with Gasteiger partial charge in [-0.05, 0) is 24.3 Å². The van der Waals surface area contributed by atoms with Gasteiger partial charge in [0.25, 0.3) is 0 Å². The monoisotopic (exact) mass is 371 g/mol. The Morgan fingerprint density at radius 1 is 1.15 bits per heavy atom. The molecule has 104 valence electrons. The van der Waals surface area contributed by atoms with E-state index in [9.17, 15) is 0 Å². The van der Waals surface area contributed by atoms with Gasteiger partial charge in [0.2, 0.25) is 0 Å². The molecule has 2 N–H and O–H groups in total. The fourth-order valence-electron chi connectivity index (χ4n) is 2.47. The first-order valence-electron chi connectivity index (χ1n) is 6.22. The molecule has 2 nitrogen and oxygen atoms in total. The van der Waals surface area contributed by atoms with Crippen molar-refractivity contribution in [3.05, 3.63) is 62.0 Å². The normalized spacial score (nSPS) is 21.2. The van der Waals surface area contributed by atoms with E-state index in [-0.39, 0.29) is 12.1 Å². The summed E-state index contributed by atoms with van der Waals surface area (Å²) in [5, 5.41) is 1.21. The van der Waals surface area contributed by atoms with Crippen LogP contribution in [0.2, 0.25) is 10.0 Å². The Morgan fingerprint density at radius 2 is 1.85 bits per heavy atom. The highest BCUT2D eigenvalue weighted by atomic mass is 79.9. The number of rotatable bonds is 1. The van der Waals surface area contributed by atoms with Crippen LogP contribution >= 0.6 is 39.1 Å². The molecule has 0 saturated heterocycles. The van der Waals surface area contributed by atoms with Crippen LogP contribution in [0, 0.1) is 0 Å². The molecule has 0 spiro atoms. The number of hydrogen-bond acceptors (Lipinski definition) is 2. The van der Waals surface area contributed by atoms with Gasteiger partial charge >= 0.3 is 0 Å². The summed E-state index contributed by atoms with van der Waals surface area (Å²) in [6.07, 6.45) is 0.422. The number of benzene rings is 2. The molecule has 0 aromatic heterocycles. The first kappa shape index (κ1) is 14.2. The molecule has 0 amide bonds. The second kappa shape index (κ2) is 5.57. The zero-order chi connectivity index (χ0) is 14.3. The minimum atomic E-state index is -0.229. The van der Waals surface area contributed by atoms with Gasteiger partial charge in [-0.1, -0.05) is 51.3 Å². The van der Waals surface area contributed by atoms with Gasteiger partial charge in [0.1, 0.15) is 11.9 Å². The Morgan fingerprint density at radius 3 is 2.55 bits per heavy atom. The fraction of sp³-hybridized carbons (Fsp3) is 0.200. The molecule has 2 aromatic rings. The summed E-state index contributed by atoms with van der Waals surface area (Å²) in [5.74, 6) is 0.777. The Bertz CT molecular complexity index is 642. The minimum Gasteiger partial charge on any atom is -0.485 e. The van der Waals surface area contributed by atoms with Crippen LogP contribution in [0.3, 0.4) is 0 Å². The lowest BCUT2D eigenvalue weighted by molar-refractivity contribution is 0.161. The molecule has 1 aliphatic heterocycles. The van der Waals surface area contributed by atoms with Crippen molar-refractivity contribution < 1.29 is 4.74 Å². The summed E-state index contributed by atoms with van der Waals surface area (Å²) >= 11 is 16.0. The molecule has 0 bridgehead atoms. The summed E-state index contributed by atoms with van der Waals surface area (Å²) in [4.78, 5) is 0. The first-order chi connectivity index (χ1) is 9.56. The quantitative estimate of drug-likeness (QED) is 0.738. The maximum atomic E-state index is 6.25. The summed E-state index contributed by atoms with van der Waals surface area (Å²) in [5.41, 5.74) is 8.05. The predicted molar refractivity (Wildman–Crippen MR) is 85.5 cm³/mol. The SMILES string of the molecule is N[C@@H]1CC(c2c(Cl)cccc2Cl)Oc2cc(Br)ccc21. The van der Waals surface area contributed by atoms with Gasteiger partial charge in [0.15, 0.2) is 0 Å². The molecule has 1 heterocycles. The third kappa shape index (κ3) is 2.56. The van der Waals surface area contributed by atoms with Crippen molar-refractivity contribution in [3.8, 4) is 5.75 Å². The molecule has 2 aromatic carbocycles. The minimum absolute atomic E-state index is 0.0933. The van der Waals surface area contributed by atoms with Crippen molar-refractivity contribution in [2.45, 2.75) is 18.6 Å². The van der Waals surface area contributed by atoms with Gasteiger partial charge in [-0.2, -0.15) is 0 Å². The average molecular weight is 373 g/mol. The number of halogens is 3. The van der Waals surface area contributed by atoms with Crippen molar-refractivity contribution >= 4 is 39.1 Å². The van der Waals surface area contributed by atoms with Crippen LogP contribution in [0.1, 0.15) is 29.7 Å². The van der Waals surface area contributed by atoms with Crippen LogP contribution in [0.4, 0.5) is 0 Å². The Balaban J connectivity index is 2.03. The predicted octanol–water partition coefficient (Wildman–Crippen LogP) is 5.28. The van der Waals surface area contributed by atoms with Crippen molar-refractivity contribution in [1.82, 2.24) is 0 Å². The zero-order valence-electron chi connectivity index (χ0n) is 10.4. The number of fused-ring (bicyclic) bond motifs is 1. The lowest BCUT2D eigenvalue weighted by Gasteiger charge is -2.31. The van der Waals surface area contributed by atoms with Gasteiger partial charge in [0, 0.05) is 38.1 Å².